The predicted molar refractivity (Wildman–Crippen MR) is 57.5 cm³/mol. The molecule has 2 N–H and O–H groups in total. The molecule has 3 heteroatoms. The second-order valence-electron chi connectivity index (χ2n) is 4.54. The molecule has 0 bridgehead atoms. The fourth-order valence-corrected chi connectivity index (χ4v) is 2.44. The van der Waals surface area contributed by atoms with Crippen LogP contribution in [0.2, 0.25) is 0 Å². The lowest BCUT2D eigenvalue weighted by atomic mass is 9.97. The lowest BCUT2D eigenvalue weighted by Gasteiger charge is -2.35. The SMILES string of the molecule is CC1NCCCC1NC1CCOCC1. The van der Waals surface area contributed by atoms with Gasteiger partial charge >= 0.3 is 0 Å². The highest BCUT2D eigenvalue weighted by Gasteiger charge is 2.24. The van der Waals surface area contributed by atoms with Crippen molar-refractivity contribution in [2.75, 3.05) is 19.8 Å². The summed E-state index contributed by atoms with van der Waals surface area (Å²) in [4.78, 5) is 0. The van der Waals surface area contributed by atoms with Gasteiger partial charge in [0.2, 0.25) is 0 Å². The second-order valence-corrected chi connectivity index (χ2v) is 4.54. The Morgan fingerprint density at radius 1 is 1.21 bits per heavy atom. The van der Waals surface area contributed by atoms with Crippen LogP contribution in [0.15, 0.2) is 0 Å². The molecule has 2 atom stereocenters. The van der Waals surface area contributed by atoms with Crippen LogP contribution in [0.4, 0.5) is 0 Å². The van der Waals surface area contributed by atoms with Crippen LogP contribution in [0.1, 0.15) is 32.6 Å². The van der Waals surface area contributed by atoms with Crippen LogP contribution in [-0.4, -0.2) is 37.9 Å². The Bertz CT molecular complexity index is 169. The maximum Gasteiger partial charge on any atom is 0.0480 e. The third kappa shape index (κ3) is 2.69. The monoisotopic (exact) mass is 198 g/mol. The molecule has 0 aliphatic carbocycles. The fraction of sp³-hybridized carbons (Fsp3) is 1.00. The van der Waals surface area contributed by atoms with E-state index in [2.05, 4.69) is 17.6 Å². The van der Waals surface area contributed by atoms with E-state index in [1.165, 1.54) is 32.2 Å². The zero-order valence-electron chi connectivity index (χ0n) is 9.09. The summed E-state index contributed by atoms with van der Waals surface area (Å²) in [6.07, 6.45) is 5.00. The van der Waals surface area contributed by atoms with E-state index in [-0.39, 0.29) is 0 Å². The highest BCUT2D eigenvalue weighted by atomic mass is 16.5. The van der Waals surface area contributed by atoms with Crippen LogP contribution in [0.3, 0.4) is 0 Å². The summed E-state index contributed by atoms with van der Waals surface area (Å²) in [6, 6.07) is 1.99. The van der Waals surface area contributed by atoms with Gasteiger partial charge in [0.1, 0.15) is 0 Å². The largest absolute Gasteiger partial charge is 0.381 e. The molecule has 3 nitrogen and oxygen atoms in total. The van der Waals surface area contributed by atoms with E-state index in [1.54, 1.807) is 0 Å². The van der Waals surface area contributed by atoms with Crippen LogP contribution < -0.4 is 10.6 Å². The smallest absolute Gasteiger partial charge is 0.0480 e. The van der Waals surface area contributed by atoms with E-state index in [9.17, 15) is 0 Å². The van der Waals surface area contributed by atoms with Crippen LogP contribution in [0.25, 0.3) is 0 Å². The number of piperidine rings is 1. The van der Waals surface area contributed by atoms with Gasteiger partial charge in [0.15, 0.2) is 0 Å². The second kappa shape index (κ2) is 5.10. The van der Waals surface area contributed by atoms with Crippen molar-refractivity contribution < 1.29 is 4.74 Å². The molecule has 0 radical (unpaired) electrons. The number of hydrogen-bond acceptors (Lipinski definition) is 3. The zero-order valence-corrected chi connectivity index (χ0v) is 9.09. The first-order valence-corrected chi connectivity index (χ1v) is 5.93. The Morgan fingerprint density at radius 3 is 2.71 bits per heavy atom. The van der Waals surface area contributed by atoms with Crippen LogP contribution in [0, 0.1) is 0 Å². The van der Waals surface area contributed by atoms with Crippen molar-refractivity contribution in [1.29, 1.82) is 0 Å². The summed E-state index contributed by atoms with van der Waals surface area (Å²) in [5.41, 5.74) is 0. The summed E-state index contributed by atoms with van der Waals surface area (Å²) in [7, 11) is 0. The minimum Gasteiger partial charge on any atom is -0.381 e. The molecule has 2 fully saturated rings. The Hall–Kier alpha value is -0.120. The van der Waals surface area contributed by atoms with Crippen LogP contribution in [-0.2, 0) is 4.74 Å². The molecular formula is C11H22N2O. The van der Waals surface area contributed by atoms with Gasteiger partial charge in [-0.3, -0.25) is 0 Å². The molecule has 0 aromatic heterocycles. The summed E-state index contributed by atoms with van der Waals surface area (Å²) >= 11 is 0. The summed E-state index contributed by atoms with van der Waals surface area (Å²) in [5, 5.41) is 7.29. The minimum absolute atomic E-state index is 0.631. The van der Waals surface area contributed by atoms with Crippen molar-refractivity contribution in [3.8, 4) is 0 Å². The summed E-state index contributed by atoms with van der Waals surface area (Å²) < 4.78 is 5.36. The maximum atomic E-state index is 5.36. The molecule has 0 saturated carbocycles. The third-order valence-electron chi connectivity index (χ3n) is 3.43. The predicted octanol–water partition coefficient (Wildman–Crippen LogP) is 0.895. The molecule has 2 aliphatic heterocycles. The van der Waals surface area contributed by atoms with E-state index in [0.717, 1.165) is 13.2 Å². The Morgan fingerprint density at radius 2 is 2.00 bits per heavy atom. The highest BCUT2D eigenvalue weighted by molar-refractivity contribution is 4.86. The Kier molecular flexibility index (Phi) is 3.79. The molecule has 82 valence electrons. The molecule has 14 heavy (non-hydrogen) atoms. The van der Waals surface area contributed by atoms with Gasteiger partial charge in [0.25, 0.3) is 0 Å². The topological polar surface area (TPSA) is 33.3 Å². The molecule has 2 saturated heterocycles. The lowest BCUT2D eigenvalue weighted by molar-refractivity contribution is 0.0719. The highest BCUT2D eigenvalue weighted by Crippen LogP contribution is 2.13. The molecule has 2 aliphatic rings. The Balaban J connectivity index is 1.76. The molecule has 0 aromatic rings. The van der Waals surface area contributed by atoms with Crippen molar-refractivity contribution in [2.45, 2.75) is 50.7 Å². The quantitative estimate of drug-likeness (QED) is 0.691. The zero-order chi connectivity index (χ0) is 9.80. The molecule has 0 spiro atoms. The number of nitrogens with one attached hydrogen (secondary N) is 2. The van der Waals surface area contributed by atoms with Crippen LogP contribution >= 0.6 is 0 Å². The summed E-state index contributed by atoms with van der Waals surface area (Å²) in [6.45, 7) is 5.35. The Labute approximate surface area is 86.6 Å². The standard InChI is InChI=1S/C11H22N2O/c1-9-11(3-2-6-12-9)13-10-4-7-14-8-5-10/h9-13H,2-8H2,1H3. The van der Waals surface area contributed by atoms with E-state index in [4.69, 9.17) is 4.74 Å². The van der Waals surface area contributed by atoms with Gasteiger partial charge in [-0.1, -0.05) is 0 Å². The van der Waals surface area contributed by atoms with Gasteiger partial charge in [-0.05, 0) is 39.2 Å². The lowest BCUT2D eigenvalue weighted by Crippen LogP contribution is -2.54. The van der Waals surface area contributed by atoms with Crippen molar-refractivity contribution in [1.82, 2.24) is 10.6 Å². The van der Waals surface area contributed by atoms with Gasteiger partial charge in [-0.15, -0.1) is 0 Å². The van der Waals surface area contributed by atoms with Gasteiger partial charge in [-0.2, -0.15) is 0 Å². The number of rotatable bonds is 2. The van der Waals surface area contributed by atoms with Crippen molar-refractivity contribution >= 4 is 0 Å². The minimum atomic E-state index is 0.631. The number of hydrogen-bond donors (Lipinski definition) is 2. The molecule has 2 heterocycles. The average Bonchev–Trinajstić information content (AvgIpc) is 2.23. The van der Waals surface area contributed by atoms with Crippen molar-refractivity contribution in [3.05, 3.63) is 0 Å². The van der Waals surface area contributed by atoms with Crippen molar-refractivity contribution in [2.24, 2.45) is 0 Å². The van der Waals surface area contributed by atoms with Gasteiger partial charge in [0.05, 0.1) is 0 Å². The maximum absolute atomic E-state index is 5.36. The molecular weight excluding hydrogens is 176 g/mol. The molecule has 0 aromatic carbocycles. The van der Waals surface area contributed by atoms with Gasteiger partial charge in [0, 0.05) is 31.3 Å². The number of ether oxygens (including phenoxy) is 1. The van der Waals surface area contributed by atoms with Crippen molar-refractivity contribution in [3.63, 3.8) is 0 Å². The van der Waals surface area contributed by atoms with Crippen LogP contribution in [0.5, 0.6) is 0 Å². The van der Waals surface area contributed by atoms with Gasteiger partial charge < -0.3 is 15.4 Å². The fourth-order valence-electron chi connectivity index (χ4n) is 2.44. The van der Waals surface area contributed by atoms with Gasteiger partial charge in [-0.25, -0.2) is 0 Å². The van der Waals surface area contributed by atoms with E-state index in [1.807, 2.05) is 0 Å². The molecule has 2 rings (SSSR count). The van der Waals surface area contributed by atoms with E-state index >= 15 is 0 Å². The first-order chi connectivity index (χ1) is 6.86. The molecule has 0 amide bonds. The molecule has 2 unspecified atom stereocenters. The third-order valence-corrected chi connectivity index (χ3v) is 3.43. The summed E-state index contributed by atoms with van der Waals surface area (Å²) in [5.74, 6) is 0. The van der Waals surface area contributed by atoms with E-state index in [0.29, 0.717) is 18.1 Å². The first-order valence-electron chi connectivity index (χ1n) is 5.93. The normalized spacial score (nSPS) is 35.8. The average molecular weight is 198 g/mol. The van der Waals surface area contributed by atoms with E-state index < -0.39 is 0 Å². The first kappa shape index (κ1) is 10.4.